The molecule has 0 aliphatic heterocycles. The maximum absolute atomic E-state index is 13.2. The Morgan fingerprint density at radius 2 is 1.21 bits per heavy atom. The molecular weight excluding hydrogens is 681 g/mol. The van der Waals surface area contributed by atoms with E-state index in [1.807, 2.05) is 0 Å². The third-order valence-corrected chi connectivity index (χ3v) is 16.5. The van der Waals surface area contributed by atoms with Crippen molar-refractivity contribution in [2.75, 3.05) is 24.7 Å². The lowest BCUT2D eigenvalue weighted by Crippen LogP contribution is -2.47. The van der Waals surface area contributed by atoms with Gasteiger partial charge in [0.2, 0.25) is 0 Å². The molecule has 1 unspecified atom stereocenters. The van der Waals surface area contributed by atoms with Crippen LogP contribution < -0.4 is 0 Å². The van der Waals surface area contributed by atoms with E-state index in [1.54, 1.807) is 0 Å². The van der Waals surface area contributed by atoms with Crippen LogP contribution in [0.2, 0.25) is 0 Å². The van der Waals surface area contributed by atoms with Gasteiger partial charge in [-0.05, 0) is 143 Å². The third-order valence-electron chi connectivity index (χ3n) is 13.4. The number of carbonyl (C=O) groups is 2. The number of thioether (sulfide) groups is 2. The Balaban J connectivity index is 1.16. The summed E-state index contributed by atoms with van der Waals surface area (Å²) < 4.78 is 12.5. The molecule has 4 fully saturated rings. The number of unbranched alkanes of at least 4 members (excludes halogenated alkanes) is 12. The number of ether oxygens (including phenoxy) is 2. The fourth-order valence-corrected chi connectivity index (χ4v) is 13.4. The first-order chi connectivity index (χ1) is 25.3. The molecule has 0 amide bonds. The molecule has 4 bridgehead atoms. The summed E-state index contributed by atoms with van der Waals surface area (Å²) in [5.41, 5.74) is 1.77. The van der Waals surface area contributed by atoms with Crippen molar-refractivity contribution in [1.82, 2.24) is 0 Å². The molecule has 0 aromatic rings. The Bertz CT molecular complexity index is 986. The fourth-order valence-electron chi connectivity index (χ4n) is 10.6. The lowest BCUT2D eigenvalue weighted by molar-refractivity contribution is -0.152. The minimum Gasteiger partial charge on any atom is -0.466 e. The van der Waals surface area contributed by atoms with Gasteiger partial charge in [-0.2, -0.15) is 0 Å². The number of esters is 2. The molecule has 52 heavy (non-hydrogen) atoms. The zero-order valence-corrected chi connectivity index (χ0v) is 35.8. The molecule has 6 heteroatoms. The molecule has 1 atom stereocenters. The largest absolute Gasteiger partial charge is 0.466 e. The smallest absolute Gasteiger partial charge is 0.306 e. The SMILES string of the molecule is CCCCCCCCCSC(CCC(=O)OCCC1(CCOC(=O)CC23CC4CC(CC(C4)C2)C3)CCC=C(C)CC1)SCCCCCCCCC. The lowest BCUT2D eigenvalue weighted by Gasteiger charge is -2.56. The molecule has 0 saturated heterocycles. The highest BCUT2D eigenvalue weighted by Gasteiger charge is 2.51. The van der Waals surface area contributed by atoms with Crippen molar-refractivity contribution in [3.63, 3.8) is 0 Å². The quantitative estimate of drug-likeness (QED) is 0.0327. The van der Waals surface area contributed by atoms with Crippen molar-refractivity contribution in [1.29, 1.82) is 0 Å². The topological polar surface area (TPSA) is 52.6 Å². The highest BCUT2D eigenvalue weighted by Crippen LogP contribution is 2.61. The van der Waals surface area contributed by atoms with Crippen LogP contribution in [0.4, 0.5) is 0 Å². The standard InChI is InChI=1S/C46H80O4S2/c1-4-6-8-10-12-14-16-29-51-44(52-30-17-15-13-11-9-7-5-2)21-20-42(47)49-27-25-45(23-18-19-38(3)22-24-45)26-28-50-43(48)37-46-34-39-31-40(35-46)33-41(32-39)36-46/h19,39-41,44H,4-18,20-37H2,1-3H3. The van der Waals surface area contributed by atoms with E-state index in [0.717, 1.165) is 62.7 Å². The van der Waals surface area contributed by atoms with Gasteiger partial charge in [0, 0.05) is 6.42 Å². The van der Waals surface area contributed by atoms with Gasteiger partial charge in [-0.1, -0.05) is 103 Å². The zero-order chi connectivity index (χ0) is 36.9. The molecule has 5 rings (SSSR count). The number of carbonyl (C=O) groups excluding carboxylic acids is 2. The van der Waals surface area contributed by atoms with Gasteiger partial charge in [0.1, 0.15) is 0 Å². The predicted molar refractivity (Wildman–Crippen MR) is 225 cm³/mol. The second-order valence-corrected chi connectivity index (χ2v) is 21.0. The summed E-state index contributed by atoms with van der Waals surface area (Å²) in [5, 5.41) is 0. The van der Waals surface area contributed by atoms with E-state index < -0.39 is 0 Å². The highest BCUT2D eigenvalue weighted by atomic mass is 32.2. The van der Waals surface area contributed by atoms with Crippen molar-refractivity contribution in [3.05, 3.63) is 11.6 Å². The van der Waals surface area contributed by atoms with Gasteiger partial charge < -0.3 is 9.47 Å². The van der Waals surface area contributed by atoms with Gasteiger partial charge in [-0.25, -0.2) is 0 Å². The fraction of sp³-hybridized carbons (Fsp3) is 0.913. The van der Waals surface area contributed by atoms with Crippen LogP contribution in [-0.2, 0) is 19.1 Å². The van der Waals surface area contributed by atoms with Crippen LogP contribution in [0, 0.1) is 28.6 Å². The number of rotatable bonds is 29. The molecule has 0 spiro atoms. The summed E-state index contributed by atoms with van der Waals surface area (Å²) in [7, 11) is 0. The zero-order valence-electron chi connectivity index (χ0n) is 34.2. The van der Waals surface area contributed by atoms with Gasteiger partial charge in [0.25, 0.3) is 0 Å². The molecular formula is C46H80O4S2. The Morgan fingerprint density at radius 1 is 0.712 bits per heavy atom. The second-order valence-electron chi connectivity index (χ2n) is 18.1. The van der Waals surface area contributed by atoms with Gasteiger partial charge in [-0.15, -0.1) is 23.5 Å². The van der Waals surface area contributed by atoms with E-state index >= 15 is 0 Å². The van der Waals surface area contributed by atoms with Crippen LogP contribution in [0.1, 0.15) is 207 Å². The Labute approximate surface area is 329 Å². The molecule has 4 nitrogen and oxygen atoms in total. The van der Waals surface area contributed by atoms with Crippen LogP contribution >= 0.6 is 23.5 Å². The summed E-state index contributed by atoms with van der Waals surface area (Å²) >= 11 is 4.18. The van der Waals surface area contributed by atoms with Gasteiger partial charge in [-0.3, -0.25) is 9.59 Å². The Hall–Kier alpha value is -0.620. The van der Waals surface area contributed by atoms with E-state index in [2.05, 4.69) is 50.4 Å². The highest BCUT2D eigenvalue weighted by molar-refractivity contribution is 8.17. The molecule has 0 radical (unpaired) electrons. The second kappa shape index (κ2) is 24.8. The Kier molecular flexibility index (Phi) is 21.0. The average Bonchev–Trinajstić information content (AvgIpc) is 3.29. The number of allylic oxidation sites excluding steroid dienone is 2. The summed E-state index contributed by atoms with van der Waals surface area (Å²) in [6.07, 6.45) is 37.4. The summed E-state index contributed by atoms with van der Waals surface area (Å²) in [5.74, 6) is 5.01. The predicted octanol–water partition coefficient (Wildman–Crippen LogP) is 14.0. The van der Waals surface area contributed by atoms with E-state index in [-0.39, 0.29) is 22.8 Å². The first kappa shape index (κ1) is 44.1. The summed E-state index contributed by atoms with van der Waals surface area (Å²) in [6.45, 7) is 7.81. The van der Waals surface area contributed by atoms with Gasteiger partial charge in [0.15, 0.2) is 0 Å². The molecule has 5 aliphatic rings. The molecule has 5 aliphatic carbocycles. The van der Waals surface area contributed by atoms with E-state index in [1.165, 1.54) is 145 Å². The van der Waals surface area contributed by atoms with Crippen LogP contribution in [0.25, 0.3) is 0 Å². The van der Waals surface area contributed by atoms with Crippen LogP contribution in [-0.4, -0.2) is 41.2 Å². The maximum Gasteiger partial charge on any atom is 0.306 e. The van der Waals surface area contributed by atoms with Crippen molar-refractivity contribution < 1.29 is 19.1 Å². The molecule has 4 saturated carbocycles. The van der Waals surface area contributed by atoms with Crippen molar-refractivity contribution >= 4 is 35.5 Å². The van der Waals surface area contributed by atoms with Crippen molar-refractivity contribution in [2.24, 2.45) is 28.6 Å². The van der Waals surface area contributed by atoms with Crippen LogP contribution in [0.15, 0.2) is 11.6 Å². The normalized spacial score (nSPS) is 26.8. The van der Waals surface area contributed by atoms with E-state index in [9.17, 15) is 9.59 Å². The Morgan fingerprint density at radius 3 is 1.75 bits per heavy atom. The van der Waals surface area contributed by atoms with Crippen LogP contribution in [0.3, 0.4) is 0 Å². The molecule has 0 N–H and O–H groups in total. The molecule has 0 heterocycles. The number of hydrogen-bond acceptors (Lipinski definition) is 6. The summed E-state index contributed by atoms with van der Waals surface area (Å²) in [6, 6.07) is 0. The minimum absolute atomic E-state index is 0.0295. The molecule has 300 valence electrons. The maximum atomic E-state index is 13.2. The molecule has 0 aromatic carbocycles. The third kappa shape index (κ3) is 16.6. The minimum atomic E-state index is -0.0295. The monoisotopic (exact) mass is 761 g/mol. The van der Waals surface area contributed by atoms with E-state index in [4.69, 9.17) is 9.47 Å². The average molecular weight is 761 g/mol. The molecule has 0 aromatic heterocycles. The lowest BCUT2D eigenvalue weighted by atomic mass is 9.49. The van der Waals surface area contributed by atoms with Crippen molar-refractivity contribution in [2.45, 2.75) is 212 Å². The number of hydrogen-bond donors (Lipinski definition) is 0. The first-order valence-electron chi connectivity index (χ1n) is 22.5. The van der Waals surface area contributed by atoms with Crippen molar-refractivity contribution in [3.8, 4) is 0 Å². The van der Waals surface area contributed by atoms with Gasteiger partial charge in [0.05, 0.1) is 24.2 Å². The summed E-state index contributed by atoms with van der Waals surface area (Å²) in [4.78, 5) is 26.3. The first-order valence-corrected chi connectivity index (χ1v) is 24.6. The van der Waals surface area contributed by atoms with Gasteiger partial charge >= 0.3 is 11.9 Å². The van der Waals surface area contributed by atoms with E-state index in [0.29, 0.717) is 30.6 Å². The van der Waals surface area contributed by atoms with Crippen LogP contribution in [0.5, 0.6) is 0 Å².